The summed E-state index contributed by atoms with van der Waals surface area (Å²) in [6.07, 6.45) is 1.04. The average Bonchev–Trinajstić information content (AvgIpc) is 2.65. The molecule has 1 nitrogen and oxygen atoms in total. The Morgan fingerprint density at radius 3 is 2.75 bits per heavy atom. The summed E-state index contributed by atoms with van der Waals surface area (Å²) in [6.45, 7) is 4.50. The summed E-state index contributed by atoms with van der Waals surface area (Å²) in [5, 5.41) is 3.51. The summed E-state index contributed by atoms with van der Waals surface area (Å²) in [5.41, 5.74) is 3.60. The lowest BCUT2D eigenvalue weighted by Gasteiger charge is -2.30. The molecule has 0 aliphatic heterocycles. The van der Waals surface area contributed by atoms with Crippen molar-refractivity contribution >= 4 is 21.6 Å². The van der Waals surface area contributed by atoms with E-state index in [1.807, 2.05) is 0 Å². The Hall–Kier alpha value is -1.35. The van der Waals surface area contributed by atoms with Crippen LogP contribution in [0.15, 0.2) is 46.9 Å². The fourth-order valence-electron chi connectivity index (χ4n) is 3.03. The maximum absolute atomic E-state index is 13.4. The molecule has 0 aromatic heterocycles. The molecule has 1 N–H and O–H groups in total. The van der Waals surface area contributed by atoms with Crippen molar-refractivity contribution in [1.29, 1.82) is 0 Å². The molecule has 104 valence electrons. The number of rotatable bonds is 2. The molecule has 0 amide bonds. The van der Waals surface area contributed by atoms with Gasteiger partial charge in [0.15, 0.2) is 0 Å². The molecule has 0 spiro atoms. The summed E-state index contributed by atoms with van der Waals surface area (Å²) in [4.78, 5) is 0. The van der Waals surface area contributed by atoms with Crippen molar-refractivity contribution < 1.29 is 4.39 Å². The van der Waals surface area contributed by atoms with Crippen molar-refractivity contribution in [1.82, 2.24) is 0 Å². The average molecular weight is 334 g/mol. The second-order valence-electron chi connectivity index (χ2n) is 6.07. The summed E-state index contributed by atoms with van der Waals surface area (Å²) in [5.74, 6) is -0.222. The van der Waals surface area contributed by atoms with E-state index in [1.54, 1.807) is 12.1 Å². The number of halogens is 2. The maximum Gasteiger partial charge on any atom is 0.125 e. The van der Waals surface area contributed by atoms with Crippen LogP contribution in [0, 0.1) is 11.2 Å². The normalized spacial score (nSPS) is 19.7. The van der Waals surface area contributed by atoms with Gasteiger partial charge in [0.05, 0.1) is 11.7 Å². The van der Waals surface area contributed by atoms with Crippen molar-refractivity contribution in [2.45, 2.75) is 26.3 Å². The van der Waals surface area contributed by atoms with Gasteiger partial charge in [-0.25, -0.2) is 4.39 Å². The third kappa shape index (κ3) is 2.35. The zero-order valence-electron chi connectivity index (χ0n) is 11.6. The first-order valence-corrected chi connectivity index (χ1v) is 7.56. The predicted molar refractivity (Wildman–Crippen MR) is 84.4 cm³/mol. The molecule has 3 heteroatoms. The quantitative estimate of drug-likeness (QED) is 0.783. The molecule has 0 bridgehead atoms. The smallest absolute Gasteiger partial charge is 0.125 e. The number of hydrogen-bond donors (Lipinski definition) is 1. The first kappa shape index (κ1) is 13.6. The molecule has 0 radical (unpaired) electrons. The first-order valence-electron chi connectivity index (χ1n) is 6.77. The Kier molecular flexibility index (Phi) is 3.33. The van der Waals surface area contributed by atoms with Crippen LogP contribution in [0.25, 0.3) is 0 Å². The van der Waals surface area contributed by atoms with E-state index in [-0.39, 0.29) is 17.3 Å². The van der Waals surface area contributed by atoms with Gasteiger partial charge in [0, 0.05) is 4.47 Å². The highest BCUT2D eigenvalue weighted by atomic mass is 79.9. The minimum atomic E-state index is -0.222. The van der Waals surface area contributed by atoms with Gasteiger partial charge in [-0.3, -0.25) is 0 Å². The van der Waals surface area contributed by atoms with E-state index in [1.165, 1.54) is 17.2 Å². The van der Waals surface area contributed by atoms with Crippen molar-refractivity contribution in [3.8, 4) is 0 Å². The Morgan fingerprint density at radius 1 is 1.20 bits per heavy atom. The van der Waals surface area contributed by atoms with Gasteiger partial charge >= 0.3 is 0 Å². The van der Waals surface area contributed by atoms with Gasteiger partial charge in [-0.15, -0.1) is 0 Å². The Balaban J connectivity index is 1.99. The third-order valence-electron chi connectivity index (χ3n) is 4.02. The van der Waals surface area contributed by atoms with Crippen LogP contribution in [-0.2, 0) is 6.42 Å². The number of fused-ring (bicyclic) bond motifs is 1. The van der Waals surface area contributed by atoms with Gasteiger partial charge in [0.25, 0.3) is 0 Å². The summed E-state index contributed by atoms with van der Waals surface area (Å²) < 4.78 is 14.3. The summed E-state index contributed by atoms with van der Waals surface area (Å²) in [6, 6.07) is 13.4. The van der Waals surface area contributed by atoms with Crippen molar-refractivity contribution in [2.24, 2.45) is 5.41 Å². The van der Waals surface area contributed by atoms with Crippen LogP contribution in [0.2, 0.25) is 0 Å². The van der Waals surface area contributed by atoms with Crippen LogP contribution in [-0.4, -0.2) is 0 Å². The number of nitrogens with one attached hydrogen (secondary N) is 1. The molecule has 1 aliphatic carbocycles. The van der Waals surface area contributed by atoms with E-state index in [0.29, 0.717) is 0 Å². The fourth-order valence-corrected chi connectivity index (χ4v) is 3.39. The van der Waals surface area contributed by atoms with Gasteiger partial charge in [-0.05, 0) is 57.1 Å². The SMILES string of the molecule is CC1(C)Cc2ccccc2C1Nc1cc(F)ccc1Br. The minimum absolute atomic E-state index is 0.107. The monoisotopic (exact) mass is 333 g/mol. The molecular formula is C17H17BrFN. The van der Waals surface area contributed by atoms with Crippen molar-refractivity contribution in [3.63, 3.8) is 0 Å². The summed E-state index contributed by atoms with van der Waals surface area (Å²) >= 11 is 3.49. The third-order valence-corrected chi connectivity index (χ3v) is 4.71. The number of anilines is 1. The molecule has 3 rings (SSSR count). The highest BCUT2D eigenvalue weighted by Crippen LogP contribution is 2.47. The van der Waals surface area contributed by atoms with Crippen LogP contribution in [0.1, 0.15) is 31.0 Å². The van der Waals surface area contributed by atoms with E-state index in [9.17, 15) is 4.39 Å². The van der Waals surface area contributed by atoms with E-state index in [4.69, 9.17) is 0 Å². The summed E-state index contributed by atoms with van der Waals surface area (Å²) in [7, 11) is 0. The number of benzene rings is 2. The lowest BCUT2D eigenvalue weighted by molar-refractivity contribution is 0.337. The molecular weight excluding hydrogens is 317 g/mol. The molecule has 1 aliphatic rings. The second kappa shape index (κ2) is 4.88. The van der Waals surface area contributed by atoms with E-state index >= 15 is 0 Å². The van der Waals surface area contributed by atoms with Crippen LogP contribution in [0.5, 0.6) is 0 Å². The highest BCUT2D eigenvalue weighted by Gasteiger charge is 2.38. The van der Waals surface area contributed by atoms with Crippen LogP contribution >= 0.6 is 15.9 Å². The second-order valence-corrected chi connectivity index (χ2v) is 6.92. The topological polar surface area (TPSA) is 12.0 Å². The Labute approximate surface area is 127 Å². The van der Waals surface area contributed by atoms with Crippen LogP contribution < -0.4 is 5.32 Å². The molecule has 1 unspecified atom stereocenters. The standard InChI is InChI=1S/C17H17BrFN/c1-17(2)10-11-5-3-4-6-13(11)16(17)20-15-9-12(19)7-8-14(15)18/h3-9,16,20H,10H2,1-2H3. The molecule has 0 saturated heterocycles. The maximum atomic E-state index is 13.4. The van der Waals surface area contributed by atoms with Crippen LogP contribution in [0.3, 0.4) is 0 Å². The Morgan fingerprint density at radius 2 is 1.95 bits per heavy atom. The van der Waals surface area contributed by atoms with Gasteiger partial charge in [0.2, 0.25) is 0 Å². The van der Waals surface area contributed by atoms with Gasteiger partial charge in [-0.1, -0.05) is 38.1 Å². The predicted octanol–water partition coefficient (Wildman–Crippen LogP) is 5.32. The largest absolute Gasteiger partial charge is 0.377 e. The lowest BCUT2D eigenvalue weighted by atomic mass is 9.85. The molecule has 1 atom stereocenters. The number of hydrogen-bond acceptors (Lipinski definition) is 1. The molecule has 2 aromatic carbocycles. The molecule has 0 heterocycles. The van der Waals surface area contributed by atoms with Gasteiger partial charge in [-0.2, -0.15) is 0 Å². The van der Waals surface area contributed by atoms with Crippen LogP contribution in [0.4, 0.5) is 10.1 Å². The molecule has 0 saturated carbocycles. The zero-order chi connectivity index (χ0) is 14.3. The van der Waals surface area contributed by atoms with E-state index in [0.717, 1.165) is 16.6 Å². The first-order chi connectivity index (χ1) is 9.47. The van der Waals surface area contributed by atoms with Crippen molar-refractivity contribution in [3.05, 3.63) is 63.9 Å². The highest BCUT2D eigenvalue weighted by molar-refractivity contribution is 9.10. The molecule has 0 fully saturated rings. The van der Waals surface area contributed by atoms with E-state index < -0.39 is 0 Å². The van der Waals surface area contributed by atoms with Gasteiger partial charge in [0.1, 0.15) is 5.82 Å². The van der Waals surface area contributed by atoms with Crippen molar-refractivity contribution in [2.75, 3.05) is 5.32 Å². The zero-order valence-corrected chi connectivity index (χ0v) is 13.2. The lowest BCUT2D eigenvalue weighted by Crippen LogP contribution is -2.24. The molecule has 2 aromatic rings. The molecule has 20 heavy (non-hydrogen) atoms. The Bertz CT molecular complexity index is 651. The van der Waals surface area contributed by atoms with Gasteiger partial charge < -0.3 is 5.32 Å². The minimum Gasteiger partial charge on any atom is -0.377 e. The fraction of sp³-hybridized carbons (Fsp3) is 0.294. The van der Waals surface area contributed by atoms with E-state index in [2.05, 4.69) is 59.4 Å².